The fourth-order valence-corrected chi connectivity index (χ4v) is 5.40. The van der Waals surface area contributed by atoms with Gasteiger partial charge < -0.3 is 14.0 Å². The average Bonchev–Trinajstić information content (AvgIpc) is 3.30. The first-order chi connectivity index (χ1) is 19.7. The van der Waals surface area contributed by atoms with Crippen molar-refractivity contribution in [1.82, 2.24) is 24.4 Å². The first-order valence-corrected chi connectivity index (χ1v) is 14.2. The van der Waals surface area contributed by atoms with Crippen LogP contribution in [0.15, 0.2) is 79.1 Å². The minimum Gasteiger partial charge on any atom is -0.486 e. The van der Waals surface area contributed by atoms with Crippen LogP contribution in [0.4, 0.5) is 0 Å². The molecule has 204 valence electrons. The van der Waals surface area contributed by atoms with Gasteiger partial charge in [0.15, 0.2) is 16.7 Å². The summed E-state index contributed by atoms with van der Waals surface area (Å²) in [6, 6.07) is 22.7. The smallest absolute Gasteiger partial charge is 0.161 e. The van der Waals surface area contributed by atoms with Gasteiger partial charge >= 0.3 is 0 Å². The predicted molar refractivity (Wildman–Crippen MR) is 158 cm³/mol. The zero-order valence-corrected chi connectivity index (χ0v) is 23.3. The summed E-state index contributed by atoms with van der Waals surface area (Å²) in [7, 11) is 0. The normalized spacial score (nSPS) is 12.8. The van der Waals surface area contributed by atoms with Gasteiger partial charge in [-0.15, -0.1) is 0 Å². The molecule has 3 heterocycles. The van der Waals surface area contributed by atoms with Crippen molar-refractivity contribution in [3.05, 3.63) is 101 Å². The Labute approximate surface area is 239 Å². The molecule has 5 aromatic rings. The van der Waals surface area contributed by atoms with Gasteiger partial charge in [0.1, 0.15) is 19.0 Å². The fraction of sp³-hybridized carbons (Fsp3) is 0.281. The Bertz CT molecular complexity index is 1600. The number of halogens is 1. The Morgan fingerprint density at radius 3 is 2.35 bits per heavy atom. The van der Waals surface area contributed by atoms with Crippen molar-refractivity contribution >= 4 is 22.6 Å². The van der Waals surface area contributed by atoms with E-state index in [1.165, 1.54) is 0 Å². The van der Waals surface area contributed by atoms with Crippen LogP contribution in [0.2, 0.25) is 5.15 Å². The summed E-state index contributed by atoms with van der Waals surface area (Å²) in [5, 5.41) is 0.548. The third-order valence-electron chi connectivity index (χ3n) is 7.12. The van der Waals surface area contributed by atoms with Crippen molar-refractivity contribution in [2.24, 2.45) is 0 Å². The molecule has 6 rings (SSSR count). The maximum Gasteiger partial charge on any atom is 0.161 e. The fourth-order valence-electron chi connectivity index (χ4n) is 5.16. The lowest BCUT2D eigenvalue weighted by atomic mass is 10.1. The molecular weight excluding hydrogens is 522 g/mol. The lowest BCUT2D eigenvalue weighted by Crippen LogP contribution is -2.25. The highest BCUT2D eigenvalue weighted by Gasteiger charge is 2.21. The zero-order valence-electron chi connectivity index (χ0n) is 22.6. The molecule has 2 aromatic heterocycles. The molecule has 3 aromatic carbocycles. The van der Waals surface area contributed by atoms with Crippen LogP contribution in [0.5, 0.6) is 11.5 Å². The Morgan fingerprint density at radius 2 is 1.55 bits per heavy atom. The molecular formula is C32H32ClN5O2. The lowest BCUT2D eigenvalue weighted by Gasteiger charge is -2.25. The number of ether oxygens (including phenoxy) is 2. The number of benzene rings is 3. The minimum absolute atomic E-state index is 0.548. The largest absolute Gasteiger partial charge is 0.486 e. The number of unbranched alkanes of at least 4 members (excludes halogenated alkanes) is 1. The van der Waals surface area contributed by atoms with E-state index in [1.807, 2.05) is 30.3 Å². The molecule has 0 saturated carbocycles. The van der Waals surface area contributed by atoms with Gasteiger partial charge in [0.2, 0.25) is 0 Å². The minimum atomic E-state index is 0.548. The number of nitrogens with zero attached hydrogens (tertiary/aromatic N) is 5. The van der Waals surface area contributed by atoms with Gasteiger partial charge in [-0.25, -0.2) is 4.98 Å². The van der Waals surface area contributed by atoms with E-state index in [9.17, 15) is 0 Å². The molecule has 0 N–H and O–H groups in total. The van der Waals surface area contributed by atoms with Crippen molar-refractivity contribution in [1.29, 1.82) is 0 Å². The summed E-state index contributed by atoms with van der Waals surface area (Å²) in [4.78, 5) is 16.2. The Morgan fingerprint density at radius 1 is 0.825 bits per heavy atom. The van der Waals surface area contributed by atoms with Crippen LogP contribution in [0, 0.1) is 0 Å². The molecule has 1 aliphatic rings. The monoisotopic (exact) mass is 553 g/mol. The highest BCUT2D eigenvalue weighted by atomic mass is 35.5. The number of hydrogen-bond acceptors (Lipinski definition) is 6. The average molecular weight is 554 g/mol. The van der Waals surface area contributed by atoms with Gasteiger partial charge in [-0.2, -0.15) is 0 Å². The quantitative estimate of drug-likeness (QED) is 0.187. The van der Waals surface area contributed by atoms with E-state index >= 15 is 0 Å². The Kier molecular flexibility index (Phi) is 7.93. The van der Waals surface area contributed by atoms with Crippen molar-refractivity contribution in [3.63, 3.8) is 0 Å². The second-order valence-corrected chi connectivity index (χ2v) is 10.4. The van der Waals surface area contributed by atoms with Gasteiger partial charge in [0.05, 0.1) is 16.7 Å². The molecule has 0 aliphatic carbocycles. The molecule has 0 fully saturated rings. The molecule has 40 heavy (non-hydrogen) atoms. The molecule has 0 radical (unpaired) electrons. The summed E-state index contributed by atoms with van der Waals surface area (Å²) in [5.41, 5.74) is 6.16. The first-order valence-electron chi connectivity index (χ1n) is 13.8. The van der Waals surface area contributed by atoms with Crippen molar-refractivity contribution in [2.75, 3.05) is 13.2 Å². The summed E-state index contributed by atoms with van der Waals surface area (Å²) in [6.07, 6.45) is 5.59. The molecule has 0 unspecified atom stereocenters. The van der Waals surface area contributed by atoms with E-state index in [0.29, 0.717) is 38.0 Å². The van der Waals surface area contributed by atoms with Crippen LogP contribution >= 0.6 is 11.6 Å². The topological polar surface area (TPSA) is 65.3 Å². The molecule has 0 bridgehead atoms. The highest BCUT2D eigenvalue weighted by molar-refractivity contribution is 6.30. The first kappa shape index (κ1) is 26.3. The number of imidazole rings is 1. The van der Waals surface area contributed by atoms with E-state index < -0.39 is 0 Å². The zero-order chi connectivity index (χ0) is 27.3. The van der Waals surface area contributed by atoms with E-state index in [0.717, 1.165) is 70.1 Å². The summed E-state index contributed by atoms with van der Waals surface area (Å²) in [6.45, 7) is 6.24. The number of fused-ring (bicyclic) bond motifs is 2. The van der Waals surface area contributed by atoms with E-state index in [-0.39, 0.29) is 0 Å². The van der Waals surface area contributed by atoms with E-state index in [2.05, 4.69) is 62.8 Å². The van der Waals surface area contributed by atoms with Crippen molar-refractivity contribution < 1.29 is 9.47 Å². The maximum absolute atomic E-state index is 6.89. The summed E-state index contributed by atoms with van der Waals surface area (Å²) >= 11 is 6.89. The SMILES string of the molecule is CCCCn1c(-c2ccccc2)nc(Cl)c1CN(Cc1ccc2c(c1)OCCO2)Cc1ccc2nccnc2c1. The number of rotatable bonds is 10. The highest BCUT2D eigenvalue weighted by Crippen LogP contribution is 2.32. The van der Waals surface area contributed by atoms with Gasteiger partial charge in [0.25, 0.3) is 0 Å². The Hall–Kier alpha value is -3.94. The van der Waals surface area contributed by atoms with Crippen LogP contribution in [0.3, 0.4) is 0 Å². The Balaban J connectivity index is 1.35. The predicted octanol–water partition coefficient (Wildman–Crippen LogP) is 6.92. The second-order valence-electron chi connectivity index (χ2n) is 10.0. The molecule has 0 atom stereocenters. The third-order valence-corrected chi connectivity index (χ3v) is 7.42. The van der Waals surface area contributed by atoms with Gasteiger partial charge in [-0.3, -0.25) is 14.9 Å². The van der Waals surface area contributed by atoms with Crippen LogP contribution in [-0.2, 0) is 26.2 Å². The summed E-state index contributed by atoms with van der Waals surface area (Å²) in [5.74, 6) is 2.50. The lowest BCUT2D eigenvalue weighted by molar-refractivity contribution is 0.170. The summed E-state index contributed by atoms with van der Waals surface area (Å²) < 4.78 is 13.9. The van der Waals surface area contributed by atoms with Gasteiger partial charge in [0, 0.05) is 44.1 Å². The molecule has 0 saturated heterocycles. The van der Waals surface area contributed by atoms with E-state index in [1.54, 1.807) is 12.4 Å². The molecule has 0 amide bonds. The molecule has 0 spiro atoms. The van der Waals surface area contributed by atoms with E-state index in [4.69, 9.17) is 26.1 Å². The van der Waals surface area contributed by atoms with Gasteiger partial charge in [-0.1, -0.05) is 67.4 Å². The third kappa shape index (κ3) is 5.81. The molecule has 8 heteroatoms. The van der Waals surface area contributed by atoms with Crippen LogP contribution in [-0.4, -0.2) is 37.6 Å². The molecule has 7 nitrogen and oxygen atoms in total. The van der Waals surface area contributed by atoms with Gasteiger partial charge in [-0.05, 0) is 41.8 Å². The maximum atomic E-state index is 6.89. The number of hydrogen-bond donors (Lipinski definition) is 0. The van der Waals surface area contributed by atoms with Crippen LogP contribution in [0.1, 0.15) is 36.6 Å². The van der Waals surface area contributed by atoms with Crippen molar-refractivity contribution in [2.45, 2.75) is 45.9 Å². The standard InChI is InChI=1S/C32H32ClN5O2/c1-2-3-15-38-28(31(33)36-32(38)25-7-5-4-6-8-25)22-37(20-23-9-11-26-27(18-23)35-14-13-34-26)21-24-10-12-29-30(19-24)40-17-16-39-29/h4-14,18-19H,2-3,15-17,20-22H2,1H3. The number of aromatic nitrogens is 4. The van der Waals surface area contributed by atoms with Crippen molar-refractivity contribution in [3.8, 4) is 22.9 Å². The van der Waals surface area contributed by atoms with Crippen LogP contribution in [0.25, 0.3) is 22.4 Å². The second kappa shape index (κ2) is 12.1. The molecule has 1 aliphatic heterocycles. The van der Waals surface area contributed by atoms with Crippen LogP contribution < -0.4 is 9.47 Å².